The molecular formula is C10H14ClNO3S. The summed E-state index contributed by atoms with van der Waals surface area (Å²) in [6.07, 6.45) is 0. The molecular weight excluding hydrogens is 250 g/mol. The molecule has 0 unspecified atom stereocenters. The van der Waals surface area contributed by atoms with Crippen LogP contribution in [0.4, 0.5) is 5.69 Å². The molecule has 1 N–H and O–H groups in total. The zero-order valence-corrected chi connectivity index (χ0v) is 10.7. The summed E-state index contributed by atoms with van der Waals surface area (Å²) >= 11 is 0. The minimum Gasteiger partial charge on any atom is -0.506 e. The standard InChI is InChI=1S/C10H14ClNO3S/c1-3-12(4-2)8-5-6-10(9(13)7-8)16(11,14)15/h5-7,13H,3-4H2,1-2H3. The number of rotatable bonds is 4. The van der Waals surface area contributed by atoms with E-state index in [1.807, 2.05) is 18.7 Å². The van der Waals surface area contributed by atoms with Crippen LogP contribution < -0.4 is 4.90 Å². The maximum absolute atomic E-state index is 11.1. The molecule has 0 radical (unpaired) electrons. The van der Waals surface area contributed by atoms with Gasteiger partial charge in [0.2, 0.25) is 0 Å². The van der Waals surface area contributed by atoms with E-state index >= 15 is 0 Å². The Hall–Kier alpha value is -0.940. The van der Waals surface area contributed by atoms with Gasteiger partial charge in [0.1, 0.15) is 10.6 Å². The highest BCUT2D eigenvalue weighted by molar-refractivity contribution is 8.13. The number of halogens is 1. The molecule has 4 nitrogen and oxygen atoms in total. The van der Waals surface area contributed by atoms with E-state index < -0.39 is 9.05 Å². The first kappa shape index (κ1) is 13.1. The van der Waals surface area contributed by atoms with Crippen molar-refractivity contribution in [2.24, 2.45) is 0 Å². The van der Waals surface area contributed by atoms with Crippen LogP contribution in [0.3, 0.4) is 0 Å². The number of hydrogen-bond donors (Lipinski definition) is 1. The van der Waals surface area contributed by atoms with Gasteiger partial charge < -0.3 is 10.0 Å². The summed E-state index contributed by atoms with van der Waals surface area (Å²) in [6.45, 7) is 5.52. The smallest absolute Gasteiger partial charge is 0.264 e. The van der Waals surface area contributed by atoms with Gasteiger partial charge in [0.15, 0.2) is 0 Å². The van der Waals surface area contributed by atoms with Crippen molar-refractivity contribution in [3.63, 3.8) is 0 Å². The second-order valence-electron chi connectivity index (χ2n) is 3.26. The fraction of sp³-hybridized carbons (Fsp3) is 0.400. The summed E-state index contributed by atoms with van der Waals surface area (Å²) in [5.41, 5.74) is 0.770. The molecule has 0 aliphatic rings. The van der Waals surface area contributed by atoms with E-state index in [9.17, 15) is 13.5 Å². The lowest BCUT2D eigenvalue weighted by Gasteiger charge is -2.21. The zero-order chi connectivity index (χ0) is 12.3. The number of benzene rings is 1. The molecule has 0 heterocycles. The summed E-state index contributed by atoms with van der Waals surface area (Å²) < 4.78 is 22.1. The van der Waals surface area contributed by atoms with E-state index in [0.29, 0.717) is 0 Å². The number of hydrogen-bond acceptors (Lipinski definition) is 4. The Morgan fingerprint density at radius 3 is 2.25 bits per heavy atom. The van der Waals surface area contributed by atoms with Crippen LogP contribution in [0.5, 0.6) is 5.75 Å². The van der Waals surface area contributed by atoms with Crippen LogP contribution >= 0.6 is 10.7 Å². The van der Waals surface area contributed by atoms with Gasteiger partial charge in [-0.3, -0.25) is 0 Å². The van der Waals surface area contributed by atoms with Crippen LogP contribution in [-0.4, -0.2) is 26.6 Å². The lowest BCUT2D eigenvalue weighted by Crippen LogP contribution is -2.21. The Kier molecular flexibility index (Phi) is 4.04. The SMILES string of the molecule is CCN(CC)c1ccc(S(=O)(=O)Cl)c(O)c1. The molecule has 0 saturated heterocycles. The molecule has 0 aliphatic heterocycles. The van der Waals surface area contributed by atoms with Gasteiger partial charge in [0.05, 0.1) is 0 Å². The third kappa shape index (κ3) is 2.80. The molecule has 0 fully saturated rings. The van der Waals surface area contributed by atoms with Crippen molar-refractivity contribution >= 4 is 25.4 Å². The minimum absolute atomic E-state index is 0.259. The van der Waals surface area contributed by atoms with Crippen LogP contribution in [0, 0.1) is 0 Å². The Balaban J connectivity index is 3.19. The van der Waals surface area contributed by atoms with Gasteiger partial charge >= 0.3 is 0 Å². The molecule has 0 atom stereocenters. The summed E-state index contributed by atoms with van der Waals surface area (Å²) in [5.74, 6) is -0.320. The number of phenols is 1. The first-order valence-corrected chi connectivity index (χ1v) is 7.23. The van der Waals surface area contributed by atoms with Crippen molar-refractivity contribution in [1.29, 1.82) is 0 Å². The van der Waals surface area contributed by atoms with Crippen molar-refractivity contribution in [2.45, 2.75) is 18.7 Å². The first-order chi connectivity index (χ1) is 7.40. The fourth-order valence-electron chi connectivity index (χ4n) is 1.50. The van der Waals surface area contributed by atoms with Crippen LogP contribution in [-0.2, 0) is 9.05 Å². The van der Waals surface area contributed by atoms with Crippen LogP contribution in [0.15, 0.2) is 23.1 Å². The Morgan fingerprint density at radius 1 is 1.31 bits per heavy atom. The number of nitrogens with zero attached hydrogens (tertiary/aromatic N) is 1. The molecule has 0 saturated carbocycles. The van der Waals surface area contributed by atoms with E-state index in [0.717, 1.165) is 18.8 Å². The monoisotopic (exact) mass is 263 g/mol. The van der Waals surface area contributed by atoms with E-state index in [1.165, 1.54) is 12.1 Å². The lowest BCUT2D eigenvalue weighted by atomic mass is 10.2. The van der Waals surface area contributed by atoms with Gasteiger partial charge in [-0.1, -0.05) is 0 Å². The van der Waals surface area contributed by atoms with Gasteiger partial charge in [-0.2, -0.15) is 0 Å². The Morgan fingerprint density at radius 2 is 1.88 bits per heavy atom. The van der Waals surface area contributed by atoms with Crippen LogP contribution in [0.1, 0.15) is 13.8 Å². The fourth-order valence-corrected chi connectivity index (χ4v) is 2.43. The van der Waals surface area contributed by atoms with Gasteiger partial charge in [0.25, 0.3) is 9.05 Å². The molecule has 0 aliphatic carbocycles. The highest BCUT2D eigenvalue weighted by atomic mass is 35.7. The molecule has 0 bridgehead atoms. The second kappa shape index (κ2) is 4.93. The molecule has 0 aromatic heterocycles. The quantitative estimate of drug-likeness (QED) is 0.846. The summed E-state index contributed by atoms with van der Waals surface area (Å²) in [4.78, 5) is 1.73. The topological polar surface area (TPSA) is 57.6 Å². The molecule has 16 heavy (non-hydrogen) atoms. The van der Waals surface area contributed by atoms with Gasteiger partial charge in [-0.15, -0.1) is 0 Å². The maximum atomic E-state index is 11.1. The zero-order valence-electron chi connectivity index (χ0n) is 9.14. The molecule has 1 aromatic carbocycles. The van der Waals surface area contributed by atoms with E-state index in [2.05, 4.69) is 0 Å². The minimum atomic E-state index is -3.89. The summed E-state index contributed by atoms with van der Waals surface area (Å²) in [5, 5.41) is 9.58. The van der Waals surface area contributed by atoms with Gasteiger partial charge in [0, 0.05) is 35.5 Å². The predicted octanol–water partition coefficient (Wildman–Crippen LogP) is 2.17. The molecule has 0 spiro atoms. The Labute approximate surface area is 99.9 Å². The molecule has 1 rings (SSSR count). The predicted molar refractivity (Wildman–Crippen MR) is 64.7 cm³/mol. The molecule has 6 heteroatoms. The van der Waals surface area contributed by atoms with Crippen molar-refractivity contribution in [3.8, 4) is 5.75 Å². The third-order valence-corrected chi connectivity index (χ3v) is 3.70. The van der Waals surface area contributed by atoms with Crippen LogP contribution in [0.2, 0.25) is 0 Å². The van der Waals surface area contributed by atoms with Crippen molar-refractivity contribution < 1.29 is 13.5 Å². The van der Waals surface area contributed by atoms with Gasteiger partial charge in [-0.05, 0) is 26.0 Å². The van der Waals surface area contributed by atoms with E-state index in [4.69, 9.17) is 10.7 Å². The van der Waals surface area contributed by atoms with Crippen molar-refractivity contribution in [3.05, 3.63) is 18.2 Å². The largest absolute Gasteiger partial charge is 0.506 e. The van der Waals surface area contributed by atoms with Crippen molar-refractivity contribution in [2.75, 3.05) is 18.0 Å². The number of phenolic OH excluding ortho intramolecular Hbond substituents is 1. The normalized spacial score (nSPS) is 11.4. The highest BCUT2D eigenvalue weighted by Crippen LogP contribution is 2.30. The van der Waals surface area contributed by atoms with Gasteiger partial charge in [-0.25, -0.2) is 8.42 Å². The highest BCUT2D eigenvalue weighted by Gasteiger charge is 2.16. The molecule has 90 valence electrons. The van der Waals surface area contributed by atoms with E-state index in [-0.39, 0.29) is 10.6 Å². The Bertz CT molecular complexity index is 469. The molecule has 0 amide bonds. The summed E-state index contributed by atoms with van der Waals surface area (Å²) in [6, 6.07) is 4.34. The van der Waals surface area contributed by atoms with Crippen LogP contribution in [0.25, 0.3) is 0 Å². The lowest BCUT2D eigenvalue weighted by molar-refractivity contribution is 0.459. The van der Waals surface area contributed by atoms with E-state index in [1.54, 1.807) is 6.07 Å². The third-order valence-electron chi connectivity index (χ3n) is 2.33. The average Bonchev–Trinajstić information content (AvgIpc) is 2.17. The summed E-state index contributed by atoms with van der Waals surface area (Å²) in [7, 11) is 1.28. The first-order valence-electron chi connectivity index (χ1n) is 4.92. The maximum Gasteiger partial charge on any atom is 0.264 e. The number of aromatic hydroxyl groups is 1. The van der Waals surface area contributed by atoms with Crippen molar-refractivity contribution in [1.82, 2.24) is 0 Å². The average molecular weight is 264 g/mol. The molecule has 1 aromatic rings. The second-order valence-corrected chi connectivity index (χ2v) is 5.80. The number of anilines is 1.